The van der Waals surface area contributed by atoms with E-state index >= 15 is 0 Å². The van der Waals surface area contributed by atoms with Crippen LogP contribution in [0.15, 0.2) is 18.2 Å². The molecule has 1 unspecified atom stereocenters. The Morgan fingerprint density at radius 1 is 1.07 bits per heavy atom. The molecule has 0 N–H and O–H groups in total. The molecule has 0 aromatic heterocycles. The average Bonchev–Trinajstić information content (AvgIpc) is 2.57. The van der Waals surface area contributed by atoms with Gasteiger partial charge in [0.25, 0.3) is 0 Å². The summed E-state index contributed by atoms with van der Waals surface area (Å²) in [6, 6.07) is 4.87. The number of fused-ring (bicyclic) bond motifs is 2. The third-order valence-corrected chi connectivity index (χ3v) is 3.60. The first kappa shape index (κ1) is 11.3. The van der Waals surface area contributed by atoms with Crippen LogP contribution in [-0.2, 0) is 38.7 Å². The zero-order valence-electron chi connectivity index (χ0n) is 9.22. The van der Waals surface area contributed by atoms with Crippen LogP contribution in [0.25, 0.3) is 6.08 Å². The summed E-state index contributed by atoms with van der Waals surface area (Å²) >= 11 is 0. The normalized spacial score (nSPS) is 21.8. The summed E-state index contributed by atoms with van der Waals surface area (Å²) in [4.78, 5) is 0. The van der Waals surface area contributed by atoms with Crippen molar-refractivity contribution in [2.45, 2.75) is 38.5 Å². The van der Waals surface area contributed by atoms with Crippen LogP contribution in [0.3, 0.4) is 0 Å². The quantitative estimate of drug-likeness (QED) is 0.617. The second-order valence-electron chi connectivity index (χ2n) is 4.60. The molecule has 2 aliphatic rings. The fraction of sp³-hybridized carbons (Fsp3) is 0.429. The predicted octanol–water partition coefficient (Wildman–Crippen LogP) is 3.69. The molecule has 1 aromatic rings. The molecule has 0 saturated heterocycles. The Labute approximate surface area is 111 Å². The van der Waals surface area contributed by atoms with Gasteiger partial charge in [0.1, 0.15) is 0 Å². The molecule has 0 aliphatic heterocycles. The van der Waals surface area contributed by atoms with Crippen LogP contribution in [0.4, 0.5) is 0 Å². The number of hydrogen-bond acceptors (Lipinski definition) is 0. The van der Waals surface area contributed by atoms with E-state index in [-0.39, 0.29) is 25.8 Å². The van der Waals surface area contributed by atoms with Gasteiger partial charge in [0.15, 0.2) is 0 Å². The molecule has 3 rings (SSSR count). The topological polar surface area (TPSA) is 0 Å². The number of allylic oxidation sites excluding steroid dienone is 1. The molecule has 2 aliphatic carbocycles. The molecule has 76 valence electrons. The Bertz CT molecular complexity index is 404. The summed E-state index contributed by atoms with van der Waals surface area (Å²) in [6.07, 6.45) is 9.96. The van der Waals surface area contributed by atoms with Gasteiger partial charge in [-0.25, -0.2) is 0 Å². The molecule has 0 bridgehead atoms. The van der Waals surface area contributed by atoms with E-state index in [1.165, 1.54) is 31.2 Å². The maximum Gasteiger partial charge on any atom is 0 e. The van der Waals surface area contributed by atoms with Crippen LogP contribution in [0.1, 0.15) is 47.9 Å². The van der Waals surface area contributed by atoms with Crippen molar-refractivity contribution in [2.24, 2.45) is 0 Å². The molecule has 0 nitrogen and oxygen atoms in total. The fourth-order valence-corrected chi connectivity index (χ4v) is 2.71. The summed E-state index contributed by atoms with van der Waals surface area (Å²) in [5.74, 6) is 0.636. The van der Waals surface area contributed by atoms with Gasteiger partial charge in [0, 0.05) is 25.8 Å². The van der Waals surface area contributed by atoms with Crippen molar-refractivity contribution in [3.63, 3.8) is 0 Å². The number of benzene rings is 1. The minimum Gasteiger partial charge on any atom is -0.0767 e. The van der Waals surface area contributed by atoms with Gasteiger partial charge in [-0.3, -0.25) is 0 Å². The maximum absolute atomic E-state index is 2.45. The molecule has 0 heterocycles. The van der Waals surface area contributed by atoms with E-state index in [9.17, 15) is 0 Å². The fourth-order valence-electron chi connectivity index (χ4n) is 2.71. The zero-order valence-corrected chi connectivity index (χ0v) is 12.8. The molecule has 0 saturated carbocycles. The maximum atomic E-state index is 2.45. The van der Waals surface area contributed by atoms with Gasteiger partial charge in [-0.15, -0.1) is 0 Å². The predicted molar refractivity (Wildman–Crippen MR) is 60.5 cm³/mol. The third-order valence-electron chi connectivity index (χ3n) is 3.60. The van der Waals surface area contributed by atoms with Crippen LogP contribution in [0.5, 0.6) is 0 Å². The molecular weight excluding hydrogens is 347 g/mol. The number of aryl methyl sites for hydroxylation is 2. The van der Waals surface area contributed by atoms with Gasteiger partial charge < -0.3 is 0 Å². The Morgan fingerprint density at radius 2 is 1.73 bits per heavy atom. The average molecular weight is 363 g/mol. The minimum atomic E-state index is 0. The van der Waals surface area contributed by atoms with Crippen molar-refractivity contribution >= 4 is 6.08 Å². The largest absolute Gasteiger partial charge is 0.0767 e. The minimum absolute atomic E-state index is 0. The SMILES string of the molecule is CC1C=Cc2cc3c(cc21)CCCC3.[Hf]. The van der Waals surface area contributed by atoms with E-state index in [1.54, 1.807) is 16.7 Å². The van der Waals surface area contributed by atoms with E-state index in [1.807, 2.05) is 0 Å². The zero-order chi connectivity index (χ0) is 9.54. The monoisotopic (exact) mass is 364 g/mol. The molecule has 0 spiro atoms. The Kier molecular flexibility index (Phi) is 3.30. The number of hydrogen-bond donors (Lipinski definition) is 0. The van der Waals surface area contributed by atoms with Crippen molar-refractivity contribution in [3.8, 4) is 0 Å². The summed E-state index contributed by atoms with van der Waals surface area (Å²) in [7, 11) is 0. The van der Waals surface area contributed by atoms with Gasteiger partial charge in [-0.1, -0.05) is 31.2 Å². The van der Waals surface area contributed by atoms with Crippen molar-refractivity contribution in [1.29, 1.82) is 0 Å². The molecule has 15 heavy (non-hydrogen) atoms. The molecule has 1 atom stereocenters. The summed E-state index contributed by atoms with van der Waals surface area (Å²) in [5.41, 5.74) is 6.24. The first-order valence-electron chi connectivity index (χ1n) is 5.68. The van der Waals surface area contributed by atoms with E-state index < -0.39 is 0 Å². The number of rotatable bonds is 0. The van der Waals surface area contributed by atoms with Crippen molar-refractivity contribution < 1.29 is 25.8 Å². The van der Waals surface area contributed by atoms with E-state index in [0.717, 1.165) is 0 Å². The Hall–Kier alpha value is -0.170. The smallest absolute Gasteiger partial charge is 0 e. The van der Waals surface area contributed by atoms with Gasteiger partial charge in [-0.2, -0.15) is 0 Å². The molecular formula is C14H16Hf. The van der Waals surface area contributed by atoms with Gasteiger partial charge in [-0.05, 0) is 53.9 Å². The summed E-state index contributed by atoms with van der Waals surface area (Å²) in [5, 5.41) is 0. The van der Waals surface area contributed by atoms with E-state index in [0.29, 0.717) is 5.92 Å². The van der Waals surface area contributed by atoms with Crippen LogP contribution in [0, 0.1) is 0 Å². The van der Waals surface area contributed by atoms with E-state index in [2.05, 4.69) is 31.2 Å². The van der Waals surface area contributed by atoms with Crippen molar-refractivity contribution in [3.05, 3.63) is 40.5 Å². The summed E-state index contributed by atoms with van der Waals surface area (Å²) in [6.45, 7) is 2.29. The van der Waals surface area contributed by atoms with Crippen LogP contribution in [0.2, 0.25) is 0 Å². The van der Waals surface area contributed by atoms with Crippen molar-refractivity contribution in [2.75, 3.05) is 0 Å². The molecule has 1 aromatic carbocycles. The standard InChI is InChI=1S/C14H16.Hf/c1-10-6-7-13-8-11-4-2-3-5-12(11)9-14(10)13;/h6-10H,2-5H2,1H3;. The molecule has 0 fully saturated rings. The van der Waals surface area contributed by atoms with Crippen LogP contribution < -0.4 is 0 Å². The van der Waals surface area contributed by atoms with Crippen LogP contribution >= 0.6 is 0 Å². The first-order valence-corrected chi connectivity index (χ1v) is 5.68. The van der Waals surface area contributed by atoms with Crippen LogP contribution in [-0.4, -0.2) is 0 Å². The first-order chi connectivity index (χ1) is 6.84. The summed E-state index contributed by atoms with van der Waals surface area (Å²) < 4.78 is 0. The Morgan fingerprint density at radius 3 is 2.47 bits per heavy atom. The van der Waals surface area contributed by atoms with E-state index in [4.69, 9.17) is 0 Å². The molecule has 0 radical (unpaired) electrons. The third kappa shape index (κ3) is 1.91. The molecule has 1 heteroatoms. The van der Waals surface area contributed by atoms with Gasteiger partial charge in [0.05, 0.1) is 0 Å². The van der Waals surface area contributed by atoms with Crippen molar-refractivity contribution in [1.82, 2.24) is 0 Å². The Balaban J connectivity index is 0.000000853. The second kappa shape index (κ2) is 4.37. The van der Waals surface area contributed by atoms with Gasteiger partial charge in [0.2, 0.25) is 0 Å². The van der Waals surface area contributed by atoms with Gasteiger partial charge >= 0.3 is 0 Å². The second-order valence-corrected chi connectivity index (χ2v) is 4.60. The molecule has 0 amide bonds.